The molecule has 0 aliphatic carbocycles. The number of hydrogen-bond donors (Lipinski definition) is 1. The van der Waals surface area contributed by atoms with E-state index in [-0.39, 0.29) is 34.8 Å². The van der Waals surface area contributed by atoms with Gasteiger partial charge in [0.05, 0.1) is 24.2 Å². The predicted octanol–water partition coefficient (Wildman–Crippen LogP) is 3.98. The van der Waals surface area contributed by atoms with Crippen LogP contribution in [0.2, 0.25) is 5.02 Å². The van der Waals surface area contributed by atoms with Crippen LogP contribution >= 0.6 is 23.8 Å². The van der Waals surface area contributed by atoms with E-state index in [0.717, 1.165) is 12.1 Å². The van der Waals surface area contributed by atoms with E-state index in [0.29, 0.717) is 16.8 Å². The SMILES string of the molecule is COC(=O)c1c(C)c(-n2c(=S)[nH]c3c(c2=O)C[C@@H](C)N(C(=O)c2ccc(Cl)c(C(F)(F)F)c2)C3)nn1C. The zero-order valence-electron chi connectivity index (χ0n) is 20.1. The number of nitrogens with zero attached hydrogens (tertiary/aromatic N) is 4. The third-order valence-electron chi connectivity index (χ3n) is 6.28. The average molecular weight is 556 g/mol. The minimum atomic E-state index is -4.72. The number of carbonyl (C=O) groups is 2. The number of esters is 1. The molecule has 1 amide bonds. The normalized spacial score (nSPS) is 15.5. The molecular formula is C23H21ClF3N5O4S. The summed E-state index contributed by atoms with van der Waals surface area (Å²) in [5, 5.41) is 3.77. The molecule has 196 valence electrons. The number of carbonyl (C=O) groups excluding carboxylic acids is 2. The van der Waals surface area contributed by atoms with Crippen LogP contribution in [0.15, 0.2) is 23.0 Å². The lowest BCUT2D eigenvalue weighted by Crippen LogP contribution is -2.46. The van der Waals surface area contributed by atoms with Crippen molar-refractivity contribution in [3.8, 4) is 5.82 Å². The highest BCUT2D eigenvalue weighted by atomic mass is 35.5. The first-order chi connectivity index (χ1) is 17.3. The highest BCUT2D eigenvalue weighted by Gasteiger charge is 2.36. The standard InChI is InChI=1S/C23H21ClF3N5O4S/c1-10-7-13-16(9-31(10)19(33)12-5-6-15(24)14(8-12)23(25,26)27)28-22(37)32(20(13)34)18-11(2)17(21(35)36-4)30(3)29-18/h5-6,8,10H,7,9H2,1-4H3,(H,28,37)/t10-/m1/s1. The van der Waals surface area contributed by atoms with Crippen molar-refractivity contribution in [2.45, 2.75) is 39.0 Å². The Bertz CT molecular complexity index is 1560. The highest BCUT2D eigenvalue weighted by molar-refractivity contribution is 7.71. The van der Waals surface area contributed by atoms with Crippen molar-refractivity contribution in [1.82, 2.24) is 24.2 Å². The van der Waals surface area contributed by atoms with Gasteiger partial charge in [0.25, 0.3) is 11.5 Å². The fourth-order valence-corrected chi connectivity index (χ4v) is 4.93. The third-order valence-corrected chi connectivity index (χ3v) is 6.89. The topological polar surface area (TPSA) is 102 Å². The Hall–Kier alpha value is -3.45. The maximum Gasteiger partial charge on any atom is 0.417 e. The monoisotopic (exact) mass is 555 g/mol. The maximum absolute atomic E-state index is 13.5. The van der Waals surface area contributed by atoms with Gasteiger partial charge in [0.15, 0.2) is 16.3 Å². The van der Waals surface area contributed by atoms with Gasteiger partial charge in [-0.2, -0.15) is 18.3 Å². The van der Waals surface area contributed by atoms with Crippen molar-refractivity contribution < 1.29 is 27.5 Å². The second-order valence-corrected chi connectivity index (χ2v) is 9.41. The number of benzene rings is 1. The molecule has 0 unspecified atom stereocenters. The summed E-state index contributed by atoms with van der Waals surface area (Å²) in [5.41, 5.74) is -0.502. The van der Waals surface area contributed by atoms with Crippen molar-refractivity contribution in [3.63, 3.8) is 0 Å². The van der Waals surface area contributed by atoms with Gasteiger partial charge < -0.3 is 14.6 Å². The fraction of sp³-hybridized carbons (Fsp3) is 0.348. The van der Waals surface area contributed by atoms with Crippen LogP contribution in [-0.4, -0.2) is 49.3 Å². The molecule has 14 heteroatoms. The van der Waals surface area contributed by atoms with Gasteiger partial charge in [-0.25, -0.2) is 9.36 Å². The summed E-state index contributed by atoms with van der Waals surface area (Å²) >= 11 is 11.1. The quantitative estimate of drug-likeness (QED) is 0.387. The van der Waals surface area contributed by atoms with E-state index in [4.69, 9.17) is 28.6 Å². The first-order valence-electron chi connectivity index (χ1n) is 10.9. The molecule has 4 rings (SSSR count). The molecule has 3 heterocycles. The summed E-state index contributed by atoms with van der Waals surface area (Å²) in [6, 6.07) is 2.45. The smallest absolute Gasteiger partial charge is 0.417 e. The highest BCUT2D eigenvalue weighted by Crippen LogP contribution is 2.35. The average Bonchev–Trinajstić information content (AvgIpc) is 3.11. The van der Waals surface area contributed by atoms with E-state index < -0.39 is 40.2 Å². The van der Waals surface area contributed by atoms with Gasteiger partial charge in [-0.05, 0) is 50.7 Å². The van der Waals surface area contributed by atoms with Crippen LogP contribution < -0.4 is 5.56 Å². The summed E-state index contributed by atoms with van der Waals surface area (Å²) in [7, 11) is 2.76. The van der Waals surface area contributed by atoms with Crippen molar-refractivity contribution in [2.75, 3.05) is 7.11 Å². The lowest BCUT2D eigenvalue weighted by atomic mass is 9.98. The first-order valence-corrected chi connectivity index (χ1v) is 11.7. The molecule has 0 saturated heterocycles. The molecule has 0 bridgehead atoms. The minimum absolute atomic E-state index is 0.0193. The zero-order chi connectivity index (χ0) is 27.4. The molecule has 1 aliphatic heterocycles. The van der Waals surface area contributed by atoms with Gasteiger partial charge in [0.2, 0.25) is 0 Å². The lowest BCUT2D eigenvalue weighted by molar-refractivity contribution is -0.137. The molecule has 3 aromatic rings. The Morgan fingerprint density at radius 2 is 1.97 bits per heavy atom. The number of fused-ring (bicyclic) bond motifs is 1. The first kappa shape index (κ1) is 26.6. The molecule has 0 radical (unpaired) electrons. The Morgan fingerprint density at radius 3 is 2.59 bits per heavy atom. The number of aromatic nitrogens is 4. The van der Waals surface area contributed by atoms with Crippen LogP contribution in [0.25, 0.3) is 5.82 Å². The summed E-state index contributed by atoms with van der Waals surface area (Å²) in [4.78, 5) is 43.1. The van der Waals surface area contributed by atoms with Gasteiger partial charge in [0, 0.05) is 35.5 Å². The van der Waals surface area contributed by atoms with Crippen LogP contribution in [0.5, 0.6) is 0 Å². The Balaban J connectivity index is 1.74. The Morgan fingerprint density at radius 1 is 1.30 bits per heavy atom. The number of ether oxygens (including phenoxy) is 1. The summed E-state index contributed by atoms with van der Waals surface area (Å²) in [6.45, 7) is 3.22. The minimum Gasteiger partial charge on any atom is -0.464 e. The van der Waals surface area contributed by atoms with Crippen molar-refractivity contribution >= 4 is 35.7 Å². The van der Waals surface area contributed by atoms with E-state index in [1.807, 2.05) is 0 Å². The molecule has 1 atom stereocenters. The molecule has 9 nitrogen and oxygen atoms in total. The van der Waals surface area contributed by atoms with Crippen LogP contribution in [0.4, 0.5) is 13.2 Å². The molecule has 37 heavy (non-hydrogen) atoms. The fourth-order valence-electron chi connectivity index (χ4n) is 4.41. The number of halogens is 4. The van der Waals surface area contributed by atoms with Gasteiger partial charge in [0.1, 0.15) is 0 Å². The molecular weight excluding hydrogens is 535 g/mol. The van der Waals surface area contributed by atoms with Crippen molar-refractivity contribution in [3.05, 3.63) is 72.0 Å². The van der Waals surface area contributed by atoms with Crippen LogP contribution in [0.1, 0.15) is 50.2 Å². The van der Waals surface area contributed by atoms with E-state index in [9.17, 15) is 27.6 Å². The van der Waals surface area contributed by atoms with Gasteiger partial charge >= 0.3 is 12.1 Å². The molecule has 1 aliphatic rings. The number of methoxy groups -OCH3 is 1. The van der Waals surface area contributed by atoms with Crippen molar-refractivity contribution in [2.24, 2.45) is 7.05 Å². The summed E-state index contributed by atoms with van der Waals surface area (Å²) in [5.74, 6) is -1.12. The second-order valence-electron chi connectivity index (χ2n) is 8.62. The van der Waals surface area contributed by atoms with E-state index in [1.165, 1.54) is 34.4 Å². The predicted molar refractivity (Wildman–Crippen MR) is 130 cm³/mol. The number of H-pyrrole nitrogens is 1. The second kappa shape index (κ2) is 9.45. The van der Waals surface area contributed by atoms with Gasteiger partial charge in [-0.3, -0.25) is 14.3 Å². The van der Waals surface area contributed by atoms with E-state index in [1.54, 1.807) is 13.8 Å². The largest absolute Gasteiger partial charge is 0.464 e. The molecule has 0 saturated carbocycles. The van der Waals surface area contributed by atoms with Crippen molar-refractivity contribution in [1.29, 1.82) is 0 Å². The molecule has 0 fully saturated rings. The number of rotatable bonds is 3. The number of nitrogens with one attached hydrogen (secondary N) is 1. The Kier molecular flexibility index (Phi) is 6.80. The number of aromatic amines is 1. The summed E-state index contributed by atoms with van der Waals surface area (Å²) in [6.07, 6.45) is -4.61. The van der Waals surface area contributed by atoms with E-state index >= 15 is 0 Å². The van der Waals surface area contributed by atoms with Crippen LogP contribution in [0, 0.1) is 11.7 Å². The lowest BCUT2D eigenvalue weighted by Gasteiger charge is -2.34. The third kappa shape index (κ3) is 4.57. The molecule has 1 aromatic carbocycles. The van der Waals surface area contributed by atoms with Crippen LogP contribution in [-0.2, 0) is 30.9 Å². The van der Waals surface area contributed by atoms with Gasteiger partial charge in [-0.1, -0.05) is 11.6 Å². The Labute approximate surface area is 218 Å². The summed E-state index contributed by atoms with van der Waals surface area (Å²) < 4.78 is 47.1. The van der Waals surface area contributed by atoms with Crippen LogP contribution in [0.3, 0.4) is 0 Å². The maximum atomic E-state index is 13.5. The number of aryl methyl sites for hydroxylation is 1. The zero-order valence-corrected chi connectivity index (χ0v) is 21.6. The number of hydrogen-bond acceptors (Lipinski definition) is 6. The van der Waals surface area contributed by atoms with Gasteiger partial charge in [-0.15, -0.1) is 0 Å². The number of amides is 1. The van der Waals surface area contributed by atoms with E-state index in [2.05, 4.69) is 10.1 Å². The number of alkyl halides is 3. The molecule has 0 spiro atoms. The molecule has 2 aromatic heterocycles. The molecule has 1 N–H and O–H groups in total.